The Hall–Kier alpha value is -2.20. The third kappa shape index (κ3) is 3.17. The van der Waals surface area contributed by atoms with Crippen LogP contribution in [0.1, 0.15) is 21.5 Å². The van der Waals surface area contributed by atoms with E-state index in [2.05, 4.69) is 4.98 Å². The van der Waals surface area contributed by atoms with Gasteiger partial charge in [0.25, 0.3) is 5.91 Å². The molecular formula is C15H16N2O2. The van der Waals surface area contributed by atoms with Crippen molar-refractivity contribution in [2.75, 3.05) is 14.2 Å². The van der Waals surface area contributed by atoms with E-state index in [0.717, 1.165) is 11.1 Å². The SMILES string of the molecule is CON(C)C(=O)c1cnccc1Cc1ccccc1. The van der Waals surface area contributed by atoms with Gasteiger partial charge in [0.1, 0.15) is 0 Å². The molecule has 0 bridgehead atoms. The Morgan fingerprint density at radius 2 is 2.00 bits per heavy atom. The smallest absolute Gasteiger partial charge is 0.274 e. The summed E-state index contributed by atoms with van der Waals surface area (Å²) in [6, 6.07) is 11.9. The van der Waals surface area contributed by atoms with Gasteiger partial charge < -0.3 is 0 Å². The highest BCUT2D eigenvalue weighted by Gasteiger charge is 2.15. The Balaban J connectivity index is 2.29. The summed E-state index contributed by atoms with van der Waals surface area (Å²) in [6.45, 7) is 0. The summed E-state index contributed by atoms with van der Waals surface area (Å²) in [7, 11) is 3.05. The average Bonchev–Trinajstić information content (AvgIpc) is 2.47. The van der Waals surface area contributed by atoms with E-state index >= 15 is 0 Å². The zero-order chi connectivity index (χ0) is 13.7. The summed E-state index contributed by atoms with van der Waals surface area (Å²) in [6.07, 6.45) is 3.97. The number of amides is 1. The molecule has 0 aliphatic carbocycles. The van der Waals surface area contributed by atoms with Crippen LogP contribution in [0.25, 0.3) is 0 Å². The number of hydrogen-bond acceptors (Lipinski definition) is 3. The van der Waals surface area contributed by atoms with Crippen LogP contribution in [-0.2, 0) is 11.3 Å². The fraction of sp³-hybridized carbons (Fsp3) is 0.200. The largest absolute Gasteiger partial charge is 0.278 e. The van der Waals surface area contributed by atoms with Crippen LogP contribution in [0.4, 0.5) is 0 Å². The lowest BCUT2D eigenvalue weighted by atomic mass is 10.0. The monoisotopic (exact) mass is 256 g/mol. The van der Waals surface area contributed by atoms with Crippen molar-refractivity contribution in [2.45, 2.75) is 6.42 Å². The number of nitrogens with zero attached hydrogens (tertiary/aromatic N) is 2. The van der Waals surface area contributed by atoms with Gasteiger partial charge in [-0.1, -0.05) is 30.3 Å². The second-order valence-corrected chi connectivity index (χ2v) is 4.18. The summed E-state index contributed by atoms with van der Waals surface area (Å²) in [5.74, 6) is -0.193. The molecule has 0 saturated heterocycles. The van der Waals surface area contributed by atoms with Crippen molar-refractivity contribution in [1.29, 1.82) is 0 Å². The maximum atomic E-state index is 12.1. The molecule has 98 valence electrons. The topological polar surface area (TPSA) is 42.4 Å². The lowest BCUT2D eigenvalue weighted by molar-refractivity contribution is -0.0757. The van der Waals surface area contributed by atoms with Crippen LogP contribution in [0.2, 0.25) is 0 Å². The van der Waals surface area contributed by atoms with Gasteiger partial charge in [0, 0.05) is 19.4 Å². The van der Waals surface area contributed by atoms with Crippen LogP contribution in [0.5, 0.6) is 0 Å². The molecule has 2 rings (SSSR count). The van der Waals surface area contributed by atoms with Crippen molar-refractivity contribution in [3.63, 3.8) is 0 Å². The van der Waals surface area contributed by atoms with Gasteiger partial charge in [-0.3, -0.25) is 14.6 Å². The van der Waals surface area contributed by atoms with Crippen LogP contribution in [0, 0.1) is 0 Å². The van der Waals surface area contributed by atoms with E-state index in [0.29, 0.717) is 12.0 Å². The predicted molar refractivity (Wildman–Crippen MR) is 72.6 cm³/mol. The van der Waals surface area contributed by atoms with Crippen molar-refractivity contribution < 1.29 is 9.63 Å². The fourth-order valence-corrected chi connectivity index (χ4v) is 1.84. The molecule has 1 amide bonds. The standard InChI is InChI=1S/C15H16N2O2/c1-17(19-2)15(18)14-11-16-9-8-13(14)10-12-6-4-3-5-7-12/h3-9,11H,10H2,1-2H3. The van der Waals surface area contributed by atoms with Gasteiger partial charge in [0.05, 0.1) is 12.7 Å². The van der Waals surface area contributed by atoms with Crippen LogP contribution in [0.3, 0.4) is 0 Å². The lowest BCUT2D eigenvalue weighted by Crippen LogP contribution is -2.26. The zero-order valence-corrected chi connectivity index (χ0v) is 11.0. The van der Waals surface area contributed by atoms with Gasteiger partial charge in [0.15, 0.2) is 0 Å². The van der Waals surface area contributed by atoms with E-state index in [9.17, 15) is 4.79 Å². The fourth-order valence-electron chi connectivity index (χ4n) is 1.84. The summed E-state index contributed by atoms with van der Waals surface area (Å²) in [4.78, 5) is 21.1. The summed E-state index contributed by atoms with van der Waals surface area (Å²) in [5, 5.41) is 1.20. The molecule has 4 heteroatoms. The Labute approximate surface area is 112 Å². The van der Waals surface area contributed by atoms with Gasteiger partial charge in [-0.05, 0) is 23.6 Å². The van der Waals surface area contributed by atoms with E-state index in [1.54, 1.807) is 19.4 Å². The summed E-state index contributed by atoms with van der Waals surface area (Å²) >= 11 is 0. The van der Waals surface area contributed by atoms with E-state index in [-0.39, 0.29) is 5.91 Å². The molecule has 19 heavy (non-hydrogen) atoms. The number of aromatic nitrogens is 1. The molecule has 2 aromatic rings. The highest BCUT2D eigenvalue weighted by molar-refractivity contribution is 5.94. The Morgan fingerprint density at radius 3 is 2.68 bits per heavy atom. The predicted octanol–water partition coefficient (Wildman–Crippen LogP) is 2.31. The molecule has 0 radical (unpaired) electrons. The van der Waals surface area contributed by atoms with Crippen molar-refractivity contribution in [1.82, 2.24) is 10.0 Å². The van der Waals surface area contributed by atoms with Crippen LogP contribution >= 0.6 is 0 Å². The molecule has 1 aromatic heterocycles. The van der Waals surface area contributed by atoms with Gasteiger partial charge >= 0.3 is 0 Å². The maximum absolute atomic E-state index is 12.1. The van der Waals surface area contributed by atoms with E-state index in [1.807, 2.05) is 36.4 Å². The van der Waals surface area contributed by atoms with Gasteiger partial charge in [-0.15, -0.1) is 0 Å². The Kier molecular flexibility index (Phi) is 4.26. The molecular weight excluding hydrogens is 240 g/mol. The first-order valence-corrected chi connectivity index (χ1v) is 6.01. The van der Waals surface area contributed by atoms with E-state index in [1.165, 1.54) is 12.2 Å². The first kappa shape index (κ1) is 13.2. The third-order valence-electron chi connectivity index (χ3n) is 2.94. The molecule has 0 N–H and O–H groups in total. The quantitative estimate of drug-likeness (QED) is 0.788. The Bertz CT molecular complexity index is 555. The van der Waals surface area contributed by atoms with Crippen LogP contribution in [-0.4, -0.2) is 30.1 Å². The minimum atomic E-state index is -0.193. The second-order valence-electron chi connectivity index (χ2n) is 4.18. The number of carbonyl (C=O) groups is 1. The lowest BCUT2D eigenvalue weighted by Gasteiger charge is -2.15. The first-order valence-electron chi connectivity index (χ1n) is 6.01. The van der Waals surface area contributed by atoms with Crippen molar-refractivity contribution in [3.05, 3.63) is 65.5 Å². The normalized spacial score (nSPS) is 10.2. The molecule has 0 atom stereocenters. The van der Waals surface area contributed by atoms with Gasteiger partial charge in [-0.2, -0.15) is 0 Å². The third-order valence-corrected chi connectivity index (χ3v) is 2.94. The number of pyridine rings is 1. The van der Waals surface area contributed by atoms with Crippen LogP contribution < -0.4 is 0 Å². The van der Waals surface area contributed by atoms with Gasteiger partial charge in [-0.25, -0.2) is 5.06 Å². The zero-order valence-electron chi connectivity index (χ0n) is 11.0. The molecule has 4 nitrogen and oxygen atoms in total. The minimum Gasteiger partial charge on any atom is -0.274 e. The van der Waals surface area contributed by atoms with E-state index in [4.69, 9.17) is 4.84 Å². The highest BCUT2D eigenvalue weighted by Crippen LogP contribution is 2.15. The number of hydroxylamine groups is 2. The average molecular weight is 256 g/mol. The molecule has 0 saturated carbocycles. The summed E-state index contributed by atoms with van der Waals surface area (Å²) < 4.78 is 0. The minimum absolute atomic E-state index is 0.193. The molecule has 0 unspecified atom stereocenters. The molecule has 0 fully saturated rings. The number of rotatable bonds is 4. The second kappa shape index (κ2) is 6.11. The van der Waals surface area contributed by atoms with Crippen molar-refractivity contribution in [3.8, 4) is 0 Å². The number of carbonyl (C=O) groups excluding carboxylic acids is 1. The van der Waals surface area contributed by atoms with E-state index < -0.39 is 0 Å². The maximum Gasteiger partial charge on any atom is 0.278 e. The molecule has 0 aliphatic heterocycles. The first-order chi connectivity index (χ1) is 9.22. The van der Waals surface area contributed by atoms with Crippen molar-refractivity contribution >= 4 is 5.91 Å². The summed E-state index contributed by atoms with van der Waals surface area (Å²) in [5.41, 5.74) is 2.66. The molecule has 1 heterocycles. The molecule has 1 aromatic carbocycles. The van der Waals surface area contributed by atoms with Gasteiger partial charge in [0.2, 0.25) is 0 Å². The van der Waals surface area contributed by atoms with Crippen molar-refractivity contribution in [2.24, 2.45) is 0 Å². The molecule has 0 aliphatic rings. The molecule has 0 spiro atoms. The van der Waals surface area contributed by atoms with Crippen LogP contribution in [0.15, 0.2) is 48.8 Å². The number of hydrogen-bond donors (Lipinski definition) is 0. The Morgan fingerprint density at radius 1 is 1.26 bits per heavy atom. The highest BCUT2D eigenvalue weighted by atomic mass is 16.7. The number of benzene rings is 1.